The molecule has 0 amide bonds. The Kier molecular flexibility index (Phi) is 5.03. The molecule has 1 saturated heterocycles. The Labute approximate surface area is 94.2 Å². The SMILES string of the molecule is CCC1CN(CC(C)(C)OC)CCCN1. The number of hydrogen-bond donors (Lipinski definition) is 1. The van der Waals surface area contributed by atoms with Crippen LogP contribution in [0.3, 0.4) is 0 Å². The van der Waals surface area contributed by atoms with Crippen molar-refractivity contribution in [3.8, 4) is 0 Å². The van der Waals surface area contributed by atoms with Gasteiger partial charge in [0.2, 0.25) is 0 Å². The van der Waals surface area contributed by atoms with E-state index in [1.807, 2.05) is 0 Å². The Hall–Kier alpha value is -0.120. The van der Waals surface area contributed by atoms with Crippen molar-refractivity contribution >= 4 is 0 Å². The highest BCUT2D eigenvalue weighted by atomic mass is 16.5. The highest BCUT2D eigenvalue weighted by Crippen LogP contribution is 2.12. The average molecular weight is 214 g/mol. The first kappa shape index (κ1) is 12.9. The Morgan fingerprint density at radius 1 is 1.47 bits per heavy atom. The van der Waals surface area contributed by atoms with E-state index >= 15 is 0 Å². The Morgan fingerprint density at radius 3 is 2.80 bits per heavy atom. The van der Waals surface area contributed by atoms with Gasteiger partial charge in [0.25, 0.3) is 0 Å². The zero-order valence-corrected chi connectivity index (χ0v) is 10.7. The molecule has 0 aromatic carbocycles. The minimum Gasteiger partial charge on any atom is -0.377 e. The minimum absolute atomic E-state index is 0.0252. The fraction of sp³-hybridized carbons (Fsp3) is 1.00. The van der Waals surface area contributed by atoms with Crippen molar-refractivity contribution in [3.05, 3.63) is 0 Å². The maximum atomic E-state index is 5.49. The van der Waals surface area contributed by atoms with Crippen LogP contribution in [0.4, 0.5) is 0 Å². The van der Waals surface area contributed by atoms with Gasteiger partial charge in [0.1, 0.15) is 0 Å². The lowest BCUT2D eigenvalue weighted by Gasteiger charge is -2.32. The van der Waals surface area contributed by atoms with Crippen LogP contribution in [0.2, 0.25) is 0 Å². The quantitative estimate of drug-likeness (QED) is 0.767. The third-order valence-corrected chi connectivity index (χ3v) is 3.21. The van der Waals surface area contributed by atoms with Crippen LogP contribution in [-0.2, 0) is 4.74 Å². The topological polar surface area (TPSA) is 24.5 Å². The summed E-state index contributed by atoms with van der Waals surface area (Å²) in [4.78, 5) is 2.53. The molecule has 0 aliphatic carbocycles. The molecular weight excluding hydrogens is 188 g/mol. The van der Waals surface area contributed by atoms with Crippen LogP contribution in [0.25, 0.3) is 0 Å². The second-order valence-corrected chi connectivity index (χ2v) is 5.11. The van der Waals surface area contributed by atoms with Crippen LogP contribution in [0, 0.1) is 0 Å². The number of nitrogens with one attached hydrogen (secondary N) is 1. The molecule has 0 spiro atoms. The molecular formula is C12H26N2O. The van der Waals surface area contributed by atoms with Crippen molar-refractivity contribution in [2.24, 2.45) is 0 Å². The average Bonchev–Trinajstić information content (AvgIpc) is 2.42. The molecule has 1 N–H and O–H groups in total. The molecule has 0 bridgehead atoms. The first-order valence-electron chi connectivity index (χ1n) is 6.08. The Balaban J connectivity index is 2.45. The summed E-state index contributed by atoms with van der Waals surface area (Å²) >= 11 is 0. The van der Waals surface area contributed by atoms with Crippen molar-refractivity contribution < 1.29 is 4.74 Å². The molecule has 90 valence electrons. The molecule has 3 heteroatoms. The van der Waals surface area contributed by atoms with E-state index in [0.717, 1.165) is 19.6 Å². The zero-order chi connectivity index (χ0) is 11.3. The summed E-state index contributed by atoms with van der Waals surface area (Å²) in [7, 11) is 1.80. The smallest absolute Gasteiger partial charge is 0.0749 e. The molecule has 1 aliphatic rings. The first-order chi connectivity index (χ1) is 7.07. The van der Waals surface area contributed by atoms with E-state index in [1.165, 1.54) is 19.4 Å². The van der Waals surface area contributed by atoms with Gasteiger partial charge in [-0.15, -0.1) is 0 Å². The predicted octanol–water partition coefficient (Wildman–Crippen LogP) is 1.49. The van der Waals surface area contributed by atoms with Gasteiger partial charge < -0.3 is 10.1 Å². The second kappa shape index (κ2) is 5.83. The number of nitrogens with zero attached hydrogens (tertiary/aromatic N) is 1. The summed E-state index contributed by atoms with van der Waals surface area (Å²) in [6.07, 6.45) is 2.46. The van der Waals surface area contributed by atoms with Crippen molar-refractivity contribution in [1.82, 2.24) is 10.2 Å². The number of ether oxygens (including phenoxy) is 1. The van der Waals surface area contributed by atoms with Crippen LogP contribution in [0.15, 0.2) is 0 Å². The maximum absolute atomic E-state index is 5.49. The highest BCUT2D eigenvalue weighted by molar-refractivity contribution is 4.80. The lowest BCUT2D eigenvalue weighted by Crippen LogP contribution is -2.44. The monoisotopic (exact) mass is 214 g/mol. The van der Waals surface area contributed by atoms with Crippen molar-refractivity contribution in [1.29, 1.82) is 0 Å². The summed E-state index contributed by atoms with van der Waals surface area (Å²) in [6.45, 7) is 11.1. The summed E-state index contributed by atoms with van der Waals surface area (Å²) < 4.78 is 5.49. The van der Waals surface area contributed by atoms with Crippen molar-refractivity contribution in [2.75, 3.05) is 33.3 Å². The lowest BCUT2D eigenvalue weighted by atomic mass is 10.1. The molecule has 1 aliphatic heterocycles. The van der Waals surface area contributed by atoms with Gasteiger partial charge in [-0.05, 0) is 39.8 Å². The van der Waals surface area contributed by atoms with Gasteiger partial charge in [0.15, 0.2) is 0 Å². The zero-order valence-electron chi connectivity index (χ0n) is 10.7. The van der Waals surface area contributed by atoms with Crippen LogP contribution in [0.1, 0.15) is 33.6 Å². The van der Waals surface area contributed by atoms with E-state index in [4.69, 9.17) is 4.74 Å². The van der Waals surface area contributed by atoms with Crippen LogP contribution < -0.4 is 5.32 Å². The van der Waals surface area contributed by atoms with Gasteiger partial charge >= 0.3 is 0 Å². The van der Waals surface area contributed by atoms with E-state index in [0.29, 0.717) is 6.04 Å². The van der Waals surface area contributed by atoms with E-state index in [-0.39, 0.29) is 5.60 Å². The number of hydrogen-bond acceptors (Lipinski definition) is 3. The number of methoxy groups -OCH3 is 1. The fourth-order valence-corrected chi connectivity index (χ4v) is 2.10. The molecule has 0 saturated carbocycles. The van der Waals surface area contributed by atoms with E-state index < -0.39 is 0 Å². The molecule has 1 unspecified atom stereocenters. The largest absolute Gasteiger partial charge is 0.377 e. The highest BCUT2D eigenvalue weighted by Gasteiger charge is 2.23. The summed E-state index contributed by atoms with van der Waals surface area (Å²) in [5, 5.41) is 3.58. The lowest BCUT2D eigenvalue weighted by molar-refractivity contribution is -0.00778. The molecule has 3 nitrogen and oxygen atoms in total. The molecule has 0 radical (unpaired) electrons. The van der Waals surface area contributed by atoms with Crippen LogP contribution >= 0.6 is 0 Å². The van der Waals surface area contributed by atoms with Crippen LogP contribution in [0.5, 0.6) is 0 Å². The van der Waals surface area contributed by atoms with E-state index in [1.54, 1.807) is 7.11 Å². The van der Waals surface area contributed by atoms with Gasteiger partial charge in [0, 0.05) is 26.2 Å². The number of rotatable bonds is 4. The normalized spacial score (nSPS) is 25.2. The Bertz CT molecular complexity index is 182. The molecule has 1 rings (SSSR count). The summed E-state index contributed by atoms with van der Waals surface area (Å²) in [5.74, 6) is 0. The third-order valence-electron chi connectivity index (χ3n) is 3.21. The van der Waals surface area contributed by atoms with Crippen molar-refractivity contribution in [3.63, 3.8) is 0 Å². The Morgan fingerprint density at radius 2 is 2.20 bits per heavy atom. The van der Waals surface area contributed by atoms with Gasteiger partial charge in [0.05, 0.1) is 5.60 Å². The molecule has 1 fully saturated rings. The second-order valence-electron chi connectivity index (χ2n) is 5.11. The molecule has 0 aromatic heterocycles. The molecule has 1 atom stereocenters. The fourth-order valence-electron chi connectivity index (χ4n) is 2.10. The predicted molar refractivity (Wildman–Crippen MR) is 64.2 cm³/mol. The first-order valence-corrected chi connectivity index (χ1v) is 6.08. The molecule has 0 aromatic rings. The van der Waals surface area contributed by atoms with Gasteiger partial charge in [-0.25, -0.2) is 0 Å². The van der Waals surface area contributed by atoms with Gasteiger partial charge in [-0.3, -0.25) is 4.90 Å². The van der Waals surface area contributed by atoms with E-state index in [2.05, 4.69) is 31.0 Å². The summed E-state index contributed by atoms with van der Waals surface area (Å²) in [6, 6.07) is 0.653. The maximum Gasteiger partial charge on any atom is 0.0749 e. The van der Waals surface area contributed by atoms with Gasteiger partial charge in [-0.2, -0.15) is 0 Å². The van der Waals surface area contributed by atoms with Crippen LogP contribution in [-0.4, -0.2) is 49.8 Å². The molecule has 15 heavy (non-hydrogen) atoms. The third kappa shape index (κ3) is 4.49. The van der Waals surface area contributed by atoms with Crippen molar-refractivity contribution in [2.45, 2.75) is 45.3 Å². The molecule has 1 heterocycles. The van der Waals surface area contributed by atoms with E-state index in [9.17, 15) is 0 Å². The minimum atomic E-state index is -0.0252. The summed E-state index contributed by atoms with van der Waals surface area (Å²) in [5.41, 5.74) is -0.0252. The standard InChI is InChI=1S/C12H26N2O/c1-5-11-9-14(8-6-7-13-11)10-12(2,3)15-4/h11,13H,5-10H2,1-4H3. The van der Waals surface area contributed by atoms with Gasteiger partial charge in [-0.1, -0.05) is 6.92 Å².